The summed E-state index contributed by atoms with van der Waals surface area (Å²) in [7, 11) is 0. The second-order valence-corrected chi connectivity index (χ2v) is 15.0. The minimum absolute atomic E-state index is 0.760. The summed E-state index contributed by atoms with van der Waals surface area (Å²) in [5, 5.41) is 0. The molecular weight excluding hydrogens is 625 g/mol. The van der Waals surface area contributed by atoms with Crippen LogP contribution < -0.4 is 13.7 Å². The molecular formula is C45H43N6+. The second-order valence-electron chi connectivity index (χ2n) is 15.0. The van der Waals surface area contributed by atoms with Crippen LogP contribution in [-0.2, 0) is 39.3 Å². The van der Waals surface area contributed by atoms with Crippen molar-refractivity contribution in [3.05, 3.63) is 159 Å². The molecule has 3 aliphatic rings. The smallest absolute Gasteiger partial charge is 0.245 e. The van der Waals surface area contributed by atoms with Crippen LogP contribution in [0.2, 0.25) is 0 Å². The summed E-state index contributed by atoms with van der Waals surface area (Å²) in [6.07, 6.45) is 10.2. The van der Waals surface area contributed by atoms with Crippen LogP contribution >= 0.6 is 0 Å². The van der Waals surface area contributed by atoms with Crippen LogP contribution in [0.1, 0.15) is 66.8 Å². The molecule has 0 unspecified atom stereocenters. The van der Waals surface area contributed by atoms with Crippen molar-refractivity contribution < 1.29 is 13.7 Å². The summed E-state index contributed by atoms with van der Waals surface area (Å²) in [6.45, 7) is 18.7. The monoisotopic (exact) mass is 667 g/mol. The van der Waals surface area contributed by atoms with Gasteiger partial charge in [-0.3, -0.25) is 0 Å². The van der Waals surface area contributed by atoms with Crippen molar-refractivity contribution in [2.45, 2.75) is 80.8 Å². The fraction of sp³-hybridized carbons (Fsp3) is 0.267. The van der Waals surface area contributed by atoms with E-state index >= 15 is 0 Å². The zero-order chi connectivity index (χ0) is 34.7. The van der Waals surface area contributed by atoms with Gasteiger partial charge >= 0.3 is 0 Å². The molecule has 0 aliphatic carbocycles. The average molecular weight is 668 g/mol. The molecule has 3 aromatic heterocycles. The molecule has 3 aliphatic heterocycles. The van der Waals surface area contributed by atoms with Crippen LogP contribution in [0.4, 0.5) is 0 Å². The Labute approximate surface area is 299 Å². The zero-order valence-corrected chi connectivity index (χ0v) is 30.4. The molecule has 8 aromatic rings. The van der Waals surface area contributed by atoms with E-state index in [9.17, 15) is 0 Å². The van der Waals surface area contributed by atoms with Gasteiger partial charge in [-0.1, -0.05) is 60.7 Å². The largest absolute Gasteiger partial charge is 0.340 e. The van der Waals surface area contributed by atoms with Crippen molar-refractivity contribution in [2.75, 3.05) is 0 Å². The van der Waals surface area contributed by atoms with E-state index < -0.39 is 0 Å². The highest BCUT2D eigenvalue weighted by atomic mass is 15.2. The molecule has 0 saturated carbocycles. The van der Waals surface area contributed by atoms with Crippen LogP contribution in [-0.4, -0.2) is 13.7 Å². The Balaban J connectivity index is 1.39. The number of fused-ring (bicyclic) bond motifs is 3. The maximum Gasteiger partial charge on any atom is 0.245 e. The lowest BCUT2D eigenvalue weighted by atomic mass is 9.87. The minimum atomic E-state index is 0.760. The first-order valence-corrected chi connectivity index (χ1v) is 18.3. The Morgan fingerprint density at radius 1 is 0.431 bits per heavy atom. The maximum atomic E-state index is 3.89. The Bertz CT molecular complexity index is 2240. The average Bonchev–Trinajstić information content (AvgIpc) is 3.79. The maximum absolute atomic E-state index is 3.89. The van der Waals surface area contributed by atoms with Crippen LogP contribution in [0.5, 0.6) is 0 Å². The lowest BCUT2D eigenvalue weighted by molar-refractivity contribution is -0.669. The quantitative estimate of drug-likeness (QED) is 0.126. The van der Waals surface area contributed by atoms with Crippen molar-refractivity contribution in [1.82, 2.24) is 13.7 Å². The van der Waals surface area contributed by atoms with Gasteiger partial charge in [-0.05, 0) is 109 Å². The number of hydrogen-bond donors (Lipinski definition) is 0. The first-order chi connectivity index (χ1) is 24.8. The third kappa shape index (κ3) is 4.38. The van der Waals surface area contributed by atoms with Gasteiger partial charge < -0.3 is 18.3 Å². The van der Waals surface area contributed by atoms with Gasteiger partial charge in [0, 0.05) is 33.2 Å². The third-order valence-electron chi connectivity index (χ3n) is 12.5. The Hall–Kier alpha value is -5.49. The van der Waals surface area contributed by atoms with Gasteiger partial charge in [0.15, 0.2) is 11.0 Å². The lowest BCUT2D eigenvalue weighted by Crippen LogP contribution is -2.38. The molecule has 0 saturated heterocycles. The number of hydrogen-bond acceptors (Lipinski definition) is 0. The van der Waals surface area contributed by atoms with E-state index in [0.717, 1.165) is 39.3 Å². The lowest BCUT2D eigenvalue weighted by Gasteiger charge is -2.23. The van der Waals surface area contributed by atoms with Gasteiger partial charge in [-0.15, -0.1) is 0 Å². The number of para-hydroxylation sites is 6. The van der Waals surface area contributed by atoms with Gasteiger partial charge in [0.1, 0.15) is 13.1 Å². The number of rotatable bonds is 0. The topological polar surface area (TPSA) is 26.4 Å². The van der Waals surface area contributed by atoms with E-state index in [4.69, 9.17) is 0 Å². The predicted molar refractivity (Wildman–Crippen MR) is 200 cm³/mol. The molecule has 6 nitrogen and oxygen atoms in total. The van der Waals surface area contributed by atoms with Crippen LogP contribution in [0.3, 0.4) is 0 Å². The molecule has 0 fully saturated rings. The van der Waals surface area contributed by atoms with Gasteiger partial charge in [0.2, 0.25) is 19.0 Å². The SMILES string of the molecule is Cc1c2c(C)c3c(C)c1Cn1[c-][n+](c4ccccc41)Cc1c(C)c(c(C)c(c1C)C[n+]1cn(c4ccccc41)C3)C[n+]1[c-]n(c3ccccc31)C2. The molecule has 0 amide bonds. The standard InChI is InChI=1S/C45H43N6/c1-28-34-19-46-25-49(42-15-9-7-13-40(42)46)22-37-31(4)38-23-50-26-47(41-14-8-10-16-43(41)50)20-35(28)30(3)36(29(34)2)21-48-27-51(24-39(32(37)5)33(38)6)45-18-12-11-17-44(45)48/h7-18,25H,19-24H2,1-6H3/q+1. The van der Waals surface area contributed by atoms with Gasteiger partial charge in [-0.2, -0.15) is 0 Å². The van der Waals surface area contributed by atoms with Crippen molar-refractivity contribution in [3.8, 4) is 0 Å². The van der Waals surface area contributed by atoms with Gasteiger partial charge in [0.05, 0.1) is 26.2 Å². The molecule has 252 valence electrons. The fourth-order valence-corrected chi connectivity index (χ4v) is 9.50. The van der Waals surface area contributed by atoms with E-state index in [1.807, 2.05) is 0 Å². The van der Waals surface area contributed by atoms with Gasteiger partial charge in [0.25, 0.3) is 0 Å². The normalized spacial score (nSPS) is 14.0. The molecule has 0 spiro atoms. The summed E-state index contributed by atoms with van der Waals surface area (Å²) in [5.41, 5.74) is 24.0. The molecule has 6 heterocycles. The minimum Gasteiger partial charge on any atom is -0.340 e. The summed E-state index contributed by atoms with van der Waals surface area (Å²) in [4.78, 5) is 0. The molecule has 51 heavy (non-hydrogen) atoms. The summed E-state index contributed by atoms with van der Waals surface area (Å²) < 4.78 is 14.5. The molecule has 0 radical (unpaired) electrons. The third-order valence-corrected chi connectivity index (χ3v) is 12.5. The Kier molecular flexibility index (Phi) is 6.55. The molecule has 0 atom stereocenters. The summed E-state index contributed by atoms with van der Waals surface area (Å²) in [6, 6.07) is 26.7. The van der Waals surface area contributed by atoms with E-state index in [2.05, 4.69) is 161 Å². The highest BCUT2D eigenvalue weighted by molar-refractivity contribution is 5.74. The first kappa shape index (κ1) is 30.3. The van der Waals surface area contributed by atoms with Crippen molar-refractivity contribution in [2.24, 2.45) is 0 Å². The van der Waals surface area contributed by atoms with Crippen LogP contribution in [0, 0.1) is 54.2 Å². The fourth-order valence-electron chi connectivity index (χ4n) is 9.50. The zero-order valence-electron chi connectivity index (χ0n) is 30.4. The molecule has 6 heteroatoms. The number of imidazole rings is 3. The van der Waals surface area contributed by atoms with E-state index in [1.54, 1.807) is 0 Å². The molecule has 12 bridgehead atoms. The number of nitrogens with zero attached hydrogens (tertiary/aromatic N) is 6. The number of benzene rings is 5. The highest BCUT2D eigenvalue weighted by Gasteiger charge is 2.27. The summed E-state index contributed by atoms with van der Waals surface area (Å²) in [5.74, 6) is 0. The van der Waals surface area contributed by atoms with Crippen molar-refractivity contribution in [3.63, 3.8) is 0 Å². The van der Waals surface area contributed by atoms with Gasteiger partial charge in [-0.25, -0.2) is 9.13 Å². The molecule has 0 N–H and O–H groups in total. The summed E-state index contributed by atoms with van der Waals surface area (Å²) >= 11 is 0. The van der Waals surface area contributed by atoms with E-state index in [0.29, 0.717) is 0 Å². The van der Waals surface area contributed by atoms with Crippen molar-refractivity contribution >= 4 is 33.1 Å². The Morgan fingerprint density at radius 3 is 1.33 bits per heavy atom. The predicted octanol–water partition coefficient (Wildman–Crippen LogP) is 6.78. The highest BCUT2D eigenvalue weighted by Crippen LogP contribution is 2.33. The number of aromatic nitrogens is 6. The second kappa shape index (κ2) is 11.0. The Morgan fingerprint density at radius 2 is 0.824 bits per heavy atom. The van der Waals surface area contributed by atoms with Crippen LogP contribution in [0.25, 0.3) is 33.1 Å². The molecule has 11 rings (SSSR count). The van der Waals surface area contributed by atoms with E-state index in [-0.39, 0.29) is 0 Å². The van der Waals surface area contributed by atoms with Crippen molar-refractivity contribution in [1.29, 1.82) is 0 Å². The molecule has 5 aromatic carbocycles. The van der Waals surface area contributed by atoms with Crippen LogP contribution in [0.15, 0.2) is 79.1 Å². The first-order valence-electron chi connectivity index (χ1n) is 18.3. The van der Waals surface area contributed by atoms with E-state index in [1.165, 1.54) is 99.9 Å².